The minimum absolute atomic E-state index is 0.00402. The fourth-order valence-electron chi connectivity index (χ4n) is 6.69. The first-order chi connectivity index (χ1) is 21.5. The van der Waals surface area contributed by atoms with Gasteiger partial charge in [0.15, 0.2) is 28.6 Å². The predicted octanol–water partition coefficient (Wildman–Crippen LogP) is 4.03. The molecule has 0 saturated carbocycles. The third-order valence-corrected chi connectivity index (χ3v) is 8.99. The second-order valence-corrected chi connectivity index (χ2v) is 11.3. The Hall–Kier alpha value is -3.90. The quantitative estimate of drug-likeness (QED) is 0.380. The van der Waals surface area contributed by atoms with Crippen LogP contribution in [-0.4, -0.2) is 78.2 Å². The fraction of sp³-hybridized carbons (Fsp3) is 0.455. The van der Waals surface area contributed by atoms with Crippen LogP contribution in [0.2, 0.25) is 0 Å². The summed E-state index contributed by atoms with van der Waals surface area (Å²) in [5.74, 6) is 3.71. The largest absolute Gasteiger partial charge is 0.496 e. The lowest BCUT2D eigenvalue weighted by atomic mass is 9.82. The Labute approximate surface area is 255 Å². The number of hydrogen-bond donors (Lipinski definition) is 1. The van der Waals surface area contributed by atoms with Crippen molar-refractivity contribution in [1.82, 2.24) is 0 Å². The summed E-state index contributed by atoms with van der Waals surface area (Å²) in [4.78, 5) is 0. The molecular weight excluding hydrogens is 572 g/mol. The molecule has 1 N–H and O–H groups in total. The summed E-state index contributed by atoms with van der Waals surface area (Å²) in [5, 5.41) is 11.9. The van der Waals surface area contributed by atoms with Crippen molar-refractivity contribution < 1.29 is 52.5 Å². The van der Waals surface area contributed by atoms with E-state index in [2.05, 4.69) is 0 Å². The van der Waals surface area contributed by atoms with Crippen LogP contribution in [0.15, 0.2) is 48.5 Å². The maximum Gasteiger partial charge on any atom is 0.232 e. The third kappa shape index (κ3) is 4.75. The Morgan fingerprint density at radius 2 is 1.64 bits per heavy atom. The van der Waals surface area contributed by atoms with Gasteiger partial charge in [0.2, 0.25) is 18.8 Å². The zero-order valence-corrected chi connectivity index (χ0v) is 25.1. The van der Waals surface area contributed by atoms with E-state index in [4.69, 9.17) is 47.4 Å². The standard InChI is InChI=1S/C33H36O11/c1-35-15-29-20(18-8-9-23-28(11-18)42-17-41-23)10-19-12-27(38-4)21(13-26(19)43-29)30-22-14-39-32(33(22,34)16-40-30)44-31-24(36-2)6-5-7-25(31)37-3/h5-9,11-13,20,22,29-30,32,34H,10,14-17H2,1-4H3/t20?,22-,29?,30-,32-,33-/m1/s1. The van der Waals surface area contributed by atoms with Crippen molar-refractivity contribution in [3.05, 3.63) is 65.2 Å². The molecular formula is C33H36O11. The van der Waals surface area contributed by atoms with Gasteiger partial charge in [0.05, 0.1) is 53.2 Å². The zero-order chi connectivity index (χ0) is 30.4. The Balaban J connectivity index is 1.17. The van der Waals surface area contributed by atoms with Gasteiger partial charge >= 0.3 is 0 Å². The molecule has 6 atom stereocenters. The average Bonchev–Trinajstić information content (AvgIpc) is 3.74. The van der Waals surface area contributed by atoms with Gasteiger partial charge in [0.1, 0.15) is 17.6 Å². The van der Waals surface area contributed by atoms with Crippen LogP contribution in [-0.2, 0) is 20.6 Å². The van der Waals surface area contributed by atoms with Gasteiger partial charge in [-0.3, -0.25) is 0 Å². The Morgan fingerprint density at radius 1 is 0.864 bits per heavy atom. The molecule has 44 heavy (non-hydrogen) atoms. The number of fused-ring (bicyclic) bond motifs is 3. The molecule has 0 spiro atoms. The number of rotatable bonds is 9. The van der Waals surface area contributed by atoms with Crippen LogP contribution in [0.3, 0.4) is 0 Å². The van der Waals surface area contributed by atoms with Crippen molar-refractivity contribution in [2.75, 3.05) is 55.1 Å². The van der Waals surface area contributed by atoms with Crippen molar-refractivity contribution >= 4 is 0 Å². The Bertz CT molecular complexity index is 1500. The predicted molar refractivity (Wildman–Crippen MR) is 155 cm³/mol. The summed E-state index contributed by atoms with van der Waals surface area (Å²) in [6.07, 6.45) is -1.06. The summed E-state index contributed by atoms with van der Waals surface area (Å²) >= 11 is 0. The topological polar surface area (TPSA) is 113 Å². The van der Waals surface area contributed by atoms with Gasteiger partial charge < -0.3 is 52.5 Å². The van der Waals surface area contributed by atoms with E-state index in [-0.39, 0.29) is 32.0 Å². The van der Waals surface area contributed by atoms with E-state index in [0.29, 0.717) is 36.0 Å². The molecule has 2 unspecified atom stereocenters. The molecule has 0 radical (unpaired) electrons. The molecule has 11 heteroatoms. The van der Waals surface area contributed by atoms with Gasteiger partial charge in [-0.15, -0.1) is 0 Å². The maximum absolute atomic E-state index is 11.9. The summed E-state index contributed by atoms with van der Waals surface area (Å²) in [6.45, 7) is 0.838. The van der Waals surface area contributed by atoms with E-state index < -0.39 is 23.9 Å². The van der Waals surface area contributed by atoms with Crippen molar-refractivity contribution in [3.63, 3.8) is 0 Å². The first kappa shape index (κ1) is 28.8. The highest BCUT2D eigenvalue weighted by atomic mass is 16.7. The molecule has 4 aliphatic rings. The molecule has 4 aliphatic heterocycles. The van der Waals surface area contributed by atoms with E-state index in [1.54, 1.807) is 46.6 Å². The van der Waals surface area contributed by atoms with Crippen molar-refractivity contribution in [2.24, 2.45) is 5.92 Å². The average molecular weight is 609 g/mol. The molecule has 234 valence electrons. The second-order valence-electron chi connectivity index (χ2n) is 11.3. The normalized spacial score (nSPS) is 28.2. The first-order valence-electron chi connectivity index (χ1n) is 14.6. The van der Waals surface area contributed by atoms with Crippen LogP contribution in [0.1, 0.15) is 28.7 Å². The van der Waals surface area contributed by atoms with Crippen LogP contribution in [0.4, 0.5) is 0 Å². The van der Waals surface area contributed by atoms with E-state index in [1.165, 1.54) is 0 Å². The monoisotopic (exact) mass is 608 g/mol. The summed E-state index contributed by atoms with van der Waals surface area (Å²) in [5.41, 5.74) is 1.42. The summed E-state index contributed by atoms with van der Waals surface area (Å²) in [7, 11) is 6.39. The van der Waals surface area contributed by atoms with Crippen LogP contribution in [0.5, 0.6) is 40.2 Å². The highest BCUT2D eigenvalue weighted by Gasteiger charge is 2.61. The molecule has 3 aromatic rings. The first-order valence-corrected chi connectivity index (χ1v) is 14.6. The number of methoxy groups -OCH3 is 4. The minimum atomic E-state index is -1.43. The van der Waals surface area contributed by atoms with Crippen LogP contribution in [0.25, 0.3) is 0 Å². The van der Waals surface area contributed by atoms with Crippen molar-refractivity contribution in [1.29, 1.82) is 0 Å². The highest BCUT2D eigenvalue weighted by Crippen LogP contribution is 2.53. The van der Waals surface area contributed by atoms with Gasteiger partial charge in [-0.05, 0) is 53.9 Å². The van der Waals surface area contributed by atoms with Gasteiger partial charge in [-0.1, -0.05) is 12.1 Å². The fourth-order valence-corrected chi connectivity index (χ4v) is 6.69. The number of hydrogen-bond acceptors (Lipinski definition) is 11. The summed E-state index contributed by atoms with van der Waals surface area (Å²) < 4.78 is 58.6. The molecule has 4 heterocycles. The minimum Gasteiger partial charge on any atom is -0.496 e. The number of benzene rings is 3. The van der Waals surface area contributed by atoms with Crippen LogP contribution >= 0.6 is 0 Å². The molecule has 0 amide bonds. The van der Waals surface area contributed by atoms with Gasteiger partial charge in [-0.2, -0.15) is 0 Å². The number of para-hydroxylation sites is 1. The number of ether oxygens (including phenoxy) is 10. The van der Waals surface area contributed by atoms with E-state index in [1.807, 2.05) is 30.3 Å². The molecule has 11 nitrogen and oxygen atoms in total. The lowest BCUT2D eigenvalue weighted by molar-refractivity contribution is -0.153. The SMILES string of the molecule is COCC1Oc2cc([C@H]3OC[C@]4(O)[C@@H](Oc5c(OC)cccc5OC)OC[C@H]34)c(OC)cc2CC1c1ccc2c(c1)OCO2. The third-order valence-electron chi connectivity index (χ3n) is 8.99. The molecule has 7 rings (SSSR count). The zero-order valence-electron chi connectivity index (χ0n) is 25.1. The maximum atomic E-state index is 11.9. The lowest BCUT2D eigenvalue weighted by Gasteiger charge is -2.35. The van der Waals surface area contributed by atoms with E-state index in [0.717, 1.165) is 33.9 Å². The van der Waals surface area contributed by atoms with Crippen molar-refractivity contribution in [3.8, 4) is 40.2 Å². The smallest absolute Gasteiger partial charge is 0.232 e. The van der Waals surface area contributed by atoms with Gasteiger partial charge in [-0.25, -0.2) is 0 Å². The van der Waals surface area contributed by atoms with Gasteiger partial charge in [0, 0.05) is 18.6 Å². The van der Waals surface area contributed by atoms with Crippen LogP contribution in [0, 0.1) is 5.92 Å². The highest BCUT2D eigenvalue weighted by molar-refractivity contribution is 5.53. The second kappa shape index (κ2) is 11.6. The molecule has 0 aliphatic carbocycles. The molecule has 0 bridgehead atoms. The van der Waals surface area contributed by atoms with Crippen molar-refractivity contribution in [2.45, 2.75) is 36.4 Å². The lowest BCUT2D eigenvalue weighted by Crippen LogP contribution is -2.47. The Morgan fingerprint density at radius 3 is 2.39 bits per heavy atom. The molecule has 0 aromatic heterocycles. The van der Waals surface area contributed by atoms with E-state index in [9.17, 15) is 5.11 Å². The van der Waals surface area contributed by atoms with Gasteiger partial charge in [0.25, 0.3) is 0 Å². The molecule has 2 saturated heterocycles. The van der Waals surface area contributed by atoms with E-state index >= 15 is 0 Å². The summed E-state index contributed by atoms with van der Waals surface area (Å²) in [6, 6.07) is 15.3. The molecule has 2 fully saturated rings. The number of aliphatic hydroxyl groups is 1. The van der Waals surface area contributed by atoms with Crippen LogP contribution < -0.4 is 33.2 Å². The Kier molecular flexibility index (Phi) is 7.57. The molecule has 3 aromatic carbocycles.